The molecule has 23 heavy (non-hydrogen) atoms. The summed E-state index contributed by atoms with van der Waals surface area (Å²) in [4.78, 5) is 0. The van der Waals surface area contributed by atoms with Crippen molar-refractivity contribution in [3.8, 4) is 11.4 Å². The number of aryl methyl sites for hydroxylation is 1. The summed E-state index contributed by atoms with van der Waals surface area (Å²) in [6.07, 6.45) is 0. The third-order valence-corrected chi connectivity index (χ3v) is 5.02. The number of hydrogen-bond acceptors (Lipinski definition) is 3. The van der Waals surface area contributed by atoms with E-state index in [0.717, 1.165) is 33.9 Å². The van der Waals surface area contributed by atoms with Crippen LogP contribution in [0.2, 0.25) is 5.02 Å². The van der Waals surface area contributed by atoms with Crippen molar-refractivity contribution < 1.29 is 0 Å². The van der Waals surface area contributed by atoms with Crippen molar-refractivity contribution in [3.05, 3.63) is 64.7 Å². The van der Waals surface area contributed by atoms with Crippen molar-refractivity contribution in [3.63, 3.8) is 0 Å². The Morgan fingerprint density at radius 1 is 1.04 bits per heavy atom. The fraction of sp³-hybridized carbons (Fsp3) is 0.222. The van der Waals surface area contributed by atoms with Gasteiger partial charge in [-0.1, -0.05) is 47.6 Å². The molecule has 0 aliphatic rings. The molecule has 0 amide bonds. The summed E-state index contributed by atoms with van der Waals surface area (Å²) in [5.74, 6) is 1.78. The second-order valence-corrected chi connectivity index (χ2v) is 6.65. The molecule has 0 saturated heterocycles. The number of thioether (sulfide) groups is 1. The first-order valence-electron chi connectivity index (χ1n) is 7.55. The Balaban J connectivity index is 1.84. The molecule has 0 aliphatic heterocycles. The Kier molecular flexibility index (Phi) is 5.03. The zero-order chi connectivity index (χ0) is 16.2. The van der Waals surface area contributed by atoms with Gasteiger partial charge in [-0.2, -0.15) is 0 Å². The van der Waals surface area contributed by atoms with Gasteiger partial charge in [0.15, 0.2) is 11.0 Å². The molecule has 0 spiro atoms. The van der Waals surface area contributed by atoms with Crippen molar-refractivity contribution >= 4 is 23.4 Å². The molecule has 0 bridgehead atoms. The Morgan fingerprint density at radius 2 is 1.78 bits per heavy atom. The maximum atomic E-state index is 5.96. The zero-order valence-corrected chi connectivity index (χ0v) is 14.7. The molecule has 0 unspecified atom stereocenters. The highest BCUT2D eigenvalue weighted by atomic mass is 35.5. The Morgan fingerprint density at radius 3 is 2.48 bits per heavy atom. The van der Waals surface area contributed by atoms with Crippen molar-refractivity contribution in [2.24, 2.45) is 0 Å². The van der Waals surface area contributed by atoms with Gasteiger partial charge >= 0.3 is 0 Å². The molecule has 3 aromatic rings. The number of rotatable bonds is 5. The van der Waals surface area contributed by atoms with Crippen molar-refractivity contribution in [1.82, 2.24) is 14.8 Å². The van der Waals surface area contributed by atoms with Gasteiger partial charge in [0.2, 0.25) is 0 Å². The van der Waals surface area contributed by atoms with Crippen LogP contribution in [-0.2, 0) is 12.3 Å². The van der Waals surface area contributed by atoms with E-state index < -0.39 is 0 Å². The first-order chi connectivity index (χ1) is 11.2. The normalized spacial score (nSPS) is 10.9. The van der Waals surface area contributed by atoms with Crippen LogP contribution < -0.4 is 0 Å². The topological polar surface area (TPSA) is 30.7 Å². The molecule has 0 radical (unpaired) electrons. The molecule has 5 heteroatoms. The summed E-state index contributed by atoms with van der Waals surface area (Å²) in [5.41, 5.74) is 3.67. The summed E-state index contributed by atoms with van der Waals surface area (Å²) in [5, 5.41) is 10.4. The molecule has 0 N–H and O–H groups in total. The second-order valence-electron chi connectivity index (χ2n) is 5.27. The van der Waals surface area contributed by atoms with E-state index in [1.807, 2.05) is 24.3 Å². The lowest BCUT2D eigenvalue weighted by Gasteiger charge is -2.08. The molecule has 2 aromatic carbocycles. The van der Waals surface area contributed by atoms with Gasteiger partial charge in [0.25, 0.3) is 0 Å². The molecule has 3 nitrogen and oxygen atoms in total. The van der Waals surface area contributed by atoms with E-state index in [0.29, 0.717) is 0 Å². The molecular formula is C18H18ClN3S. The highest BCUT2D eigenvalue weighted by Crippen LogP contribution is 2.27. The van der Waals surface area contributed by atoms with E-state index >= 15 is 0 Å². The fourth-order valence-corrected chi connectivity index (χ4v) is 3.61. The minimum absolute atomic E-state index is 0.727. The summed E-state index contributed by atoms with van der Waals surface area (Å²) in [6, 6.07) is 16.2. The smallest absolute Gasteiger partial charge is 0.191 e. The highest BCUT2D eigenvalue weighted by Gasteiger charge is 2.13. The third-order valence-electron chi connectivity index (χ3n) is 3.75. The van der Waals surface area contributed by atoms with Crippen LogP contribution in [0, 0.1) is 6.92 Å². The van der Waals surface area contributed by atoms with Gasteiger partial charge in [-0.3, -0.25) is 0 Å². The maximum Gasteiger partial charge on any atom is 0.191 e. The number of halogens is 1. The first kappa shape index (κ1) is 16.1. The molecule has 0 atom stereocenters. The largest absolute Gasteiger partial charge is 0.302 e. The van der Waals surface area contributed by atoms with Crippen LogP contribution >= 0.6 is 23.4 Å². The third kappa shape index (κ3) is 3.59. The molecule has 1 aromatic heterocycles. The summed E-state index contributed by atoms with van der Waals surface area (Å²) in [6.45, 7) is 5.08. The van der Waals surface area contributed by atoms with E-state index in [-0.39, 0.29) is 0 Å². The van der Waals surface area contributed by atoms with E-state index in [1.54, 1.807) is 11.8 Å². The lowest BCUT2D eigenvalue weighted by atomic mass is 10.1. The lowest BCUT2D eigenvalue weighted by molar-refractivity contribution is 0.687. The van der Waals surface area contributed by atoms with E-state index in [9.17, 15) is 0 Å². The van der Waals surface area contributed by atoms with Crippen molar-refractivity contribution in [2.45, 2.75) is 31.3 Å². The van der Waals surface area contributed by atoms with Crippen LogP contribution in [-0.4, -0.2) is 14.8 Å². The average molecular weight is 344 g/mol. The van der Waals surface area contributed by atoms with Gasteiger partial charge in [0.05, 0.1) is 0 Å². The van der Waals surface area contributed by atoms with Crippen LogP contribution in [0.5, 0.6) is 0 Å². The van der Waals surface area contributed by atoms with Crippen molar-refractivity contribution in [2.75, 3.05) is 0 Å². The molecule has 118 valence electrons. The predicted octanol–water partition coefficient (Wildman–Crippen LogP) is 5.22. The van der Waals surface area contributed by atoms with Crippen LogP contribution in [0.15, 0.2) is 53.7 Å². The molecule has 3 rings (SSSR count). The molecule has 0 saturated carbocycles. The molecule has 0 fully saturated rings. The van der Waals surface area contributed by atoms with Gasteiger partial charge < -0.3 is 4.57 Å². The molecular weight excluding hydrogens is 326 g/mol. The summed E-state index contributed by atoms with van der Waals surface area (Å²) in [7, 11) is 0. The van der Waals surface area contributed by atoms with E-state index in [4.69, 9.17) is 11.6 Å². The van der Waals surface area contributed by atoms with Gasteiger partial charge in [0, 0.05) is 22.9 Å². The maximum absolute atomic E-state index is 5.96. The Bertz CT molecular complexity index is 796. The van der Waals surface area contributed by atoms with Crippen LogP contribution in [0.1, 0.15) is 18.1 Å². The van der Waals surface area contributed by atoms with Crippen LogP contribution in [0.3, 0.4) is 0 Å². The Labute approximate surface area is 145 Å². The monoisotopic (exact) mass is 343 g/mol. The molecule has 1 heterocycles. The Hall–Kier alpha value is -1.78. The quantitative estimate of drug-likeness (QED) is 0.595. The number of hydrogen-bond donors (Lipinski definition) is 0. The first-order valence-corrected chi connectivity index (χ1v) is 8.92. The SMILES string of the molecule is CCn1c(SCc2ccccc2C)nnc1-c1ccc(Cl)cc1. The fourth-order valence-electron chi connectivity index (χ4n) is 2.41. The summed E-state index contributed by atoms with van der Waals surface area (Å²) >= 11 is 7.68. The number of aromatic nitrogens is 3. The number of nitrogens with zero attached hydrogens (tertiary/aromatic N) is 3. The van der Waals surface area contributed by atoms with E-state index in [1.165, 1.54) is 11.1 Å². The average Bonchev–Trinajstić information content (AvgIpc) is 2.97. The highest BCUT2D eigenvalue weighted by molar-refractivity contribution is 7.98. The minimum Gasteiger partial charge on any atom is -0.302 e. The zero-order valence-electron chi connectivity index (χ0n) is 13.2. The second kappa shape index (κ2) is 7.20. The summed E-state index contributed by atoms with van der Waals surface area (Å²) < 4.78 is 2.15. The van der Waals surface area contributed by atoms with Gasteiger partial charge in [-0.15, -0.1) is 10.2 Å². The van der Waals surface area contributed by atoms with Crippen LogP contribution in [0.4, 0.5) is 0 Å². The van der Waals surface area contributed by atoms with Gasteiger partial charge in [0.1, 0.15) is 0 Å². The minimum atomic E-state index is 0.727. The predicted molar refractivity (Wildman–Crippen MR) is 96.9 cm³/mol. The standard InChI is InChI=1S/C18H18ClN3S/c1-3-22-17(14-8-10-16(19)11-9-14)20-21-18(22)23-12-15-7-5-4-6-13(15)2/h4-11H,3,12H2,1-2H3. The van der Waals surface area contributed by atoms with Crippen molar-refractivity contribution in [1.29, 1.82) is 0 Å². The van der Waals surface area contributed by atoms with E-state index in [2.05, 4.69) is 52.9 Å². The number of benzene rings is 2. The lowest BCUT2D eigenvalue weighted by Crippen LogP contribution is -2.00. The van der Waals surface area contributed by atoms with Gasteiger partial charge in [-0.25, -0.2) is 0 Å². The molecule has 0 aliphatic carbocycles. The van der Waals surface area contributed by atoms with Crippen LogP contribution in [0.25, 0.3) is 11.4 Å². The van der Waals surface area contributed by atoms with Gasteiger partial charge in [-0.05, 0) is 49.2 Å².